The summed E-state index contributed by atoms with van der Waals surface area (Å²) < 4.78 is 12.7. The lowest BCUT2D eigenvalue weighted by Crippen LogP contribution is -2.46. The molecule has 0 aliphatic rings. The van der Waals surface area contributed by atoms with Crippen LogP contribution in [-0.4, -0.2) is 66.1 Å². The van der Waals surface area contributed by atoms with Crippen LogP contribution in [0.3, 0.4) is 0 Å². The van der Waals surface area contributed by atoms with Crippen molar-refractivity contribution in [3.05, 3.63) is 53.3 Å². The van der Waals surface area contributed by atoms with Crippen LogP contribution in [0.5, 0.6) is 5.75 Å². The highest BCUT2D eigenvalue weighted by Gasteiger charge is 2.23. The normalized spacial score (nSPS) is 10.9. The first kappa shape index (κ1) is 24.8. The molecule has 2 rings (SSSR count). The number of aromatic nitrogens is 1. The van der Waals surface area contributed by atoms with Crippen LogP contribution in [0.15, 0.2) is 42.6 Å². The highest BCUT2D eigenvalue weighted by atomic mass is 35.5. The van der Waals surface area contributed by atoms with Gasteiger partial charge in [0.05, 0.1) is 19.7 Å². The Bertz CT molecular complexity index is 836. The number of hydrogen-bond acceptors (Lipinski definition) is 4. The van der Waals surface area contributed by atoms with Crippen LogP contribution >= 0.6 is 11.6 Å². The van der Waals surface area contributed by atoms with Gasteiger partial charge in [-0.15, -0.1) is 0 Å². The molecule has 0 unspecified atom stereocenters. The van der Waals surface area contributed by atoms with Gasteiger partial charge in [-0.3, -0.25) is 9.59 Å². The van der Waals surface area contributed by atoms with Gasteiger partial charge in [0.25, 0.3) is 5.91 Å². The zero-order valence-corrected chi connectivity index (χ0v) is 19.5. The molecule has 2 amide bonds. The first-order chi connectivity index (χ1) is 14.8. The lowest BCUT2D eigenvalue weighted by atomic mass is 10.2. The number of amides is 2. The van der Waals surface area contributed by atoms with Crippen LogP contribution in [0.4, 0.5) is 0 Å². The highest BCUT2D eigenvalue weighted by Crippen LogP contribution is 2.16. The Kier molecular flexibility index (Phi) is 9.88. The van der Waals surface area contributed by atoms with Gasteiger partial charge >= 0.3 is 0 Å². The molecule has 0 N–H and O–H groups in total. The molecule has 1 aromatic carbocycles. The van der Waals surface area contributed by atoms with E-state index in [0.29, 0.717) is 37.0 Å². The Morgan fingerprint density at radius 2 is 1.81 bits per heavy atom. The first-order valence-electron chi connectivity index (χ1n) is 10.3. The number of carbonyl (C=O) groups is 2. The second kappa shape index (κ2) is 12.4. The van der Waals surface area contributed by atoms with Crippen molar-refractivity contribution in [3.8, 4) is 5.75 Å². The molecule has 0 aliphatic heterocycles. The topological polar surface area (TPSA) is 64.0 Å². The quantitative estimate of drug-likeness (QED) is 0.499. The molecule has 0 atom stereocenters. The third kappa shape index (κ3) is 8.26. The first-order valence-corrected chi connectivity index (χ1v) is 10.7. The van der Waals surface area contributed by atoms with E-state index in [0.717, 1.165) is 5.69 Å². The molecule has 0 aliphatic carbocycles. The molecule has 0 fully saturated rings. The second-order valence-corrected chi connectivity index (χ2v) is 8.27. The molecular formula is C23H32ClN3O4. The van der Waals surface area contributed by atoms with Crippen molar-refractivity contribution in [3.63, 3.8) is 0 Å². The van der Waals surface area contributed by atoms with Gasteiger partial charge in [-0.2, -0.15) is 0 Å². The van der Waals surface area contributed by atoms with E-state index in [1.165, 1.54) is 0 Å². The van der Waals surface area contributed by atoms with Gasteiger partial charge in [-0.1, -0.05) is 25.4 Å². The number of halogens is 1. The number of methoxy groups -OCH3 is 1. The van der Waals surface area contributed by atoms with E-state index >= 15 is 0 Å². The average Bonchev–Trinajstić information content (AvgIpc) is 3.13. The Labute approximate surface area is 189 Å². The van der Waals surface area contributed by atoms with Gasteiger partial charge in [0.2, 0.25) is 5.91 Å². The fraction of sp³-hybridized carbons (Fsp3) is 0.478. The maximum absolute atomic E-state index is 13.1. The molecule has 0 saturated heterocycles. The zero-order valence-electron chi connectivity index (χ0n) is 18.7. The molecule has 0 spiro atoms. The van der Waals surface area contributed by atoms with E-state index < -0.39 is 0 Å². The molecule has 0 radical (unpaired) electrons. The summed E-state index contributed by atoms with van der Waals surface area (Å²) in [6, 6.07) is 10.7. The van der Waals surface area contributed by atoms with Gasteiger partial charge in [-0.05, 0) is 42.3 Å². The Hall–Kier alpha value is -2.51. The monoisotopic (exact) mass is 449 g/mol. The largest absolute Gasteiger partial charge is 0.484 e. The number of carbonyl (C=O) groups excluding carboxylic acids is 2. The Morgan fingerprint density at radius 1 is 1.10 bits per heavy atom. The number of hydrogen-bond donors (Lipinski definition) is 0. The molecule has 8 heteroatoms. The lowest BCUT2D eigenvalue weighted by Gasteiger charge is -2.28. The van der Waals surface area contributed by atoms with Gasteiger partial charge in [0, 0.05) is 44.2 Å². The van der Waals surface area contributed by atoms with Gasteiger partial charge in [0.15, 0.2) is 6.61 Å². The average molecular weight is 450 g/mol. The molecule has 170 valence electrons. The maximum Gasteiger partial charge on any atom is 0.260 e. The molecular weight excluding hydrogens is 418 g/mol. The van der Waals surface area contributed by atoms with E-state index in [4.69, 9.17) is 21.1 Å². The van der Waals surface area contributed by atoms with Crippen molar-refractivity contribution in [1.82, 2.24) is 14.4 Å². The molecule has 0 bridgehead atoms. The summed E-state index contributed by atoms with van der Waals surface area (Å²) in [5.41, 5.74) is 1.01. The van der Waals surface area contributed by atoms with Crippen molar-refractivity contribution in [2.75, 3.05) is 40.0 Å². The van der Waals surface area contributed by atoms with Crippen molar-refractivity contribution < 1.29 is 19.1 Å². The van der Waals surface area contributed by atoms with Gasteiger partial charge in [0.1, 0.15) is 5.75 Å². The molecule has 1 aromatic heterocycles. The van der Waals surface area contributed by atoms with E-state index in [1.807, 2.05) is 43.8 Å². The Morgan fingerprint density at radius 3 is 2.39 bits per heavy atom. The summed E-state index contributed by atoms with van der Waals surface area (Å²) >= 11 is 5.88. The zero-order chi connectivity index (χ0) is 22.8. The SMILES string of the molecule is COCCN(Cc1cccn1C)C(=O)CN(CC(C)C)C(=O)COc1ccc(Cl)cc1. The third-order valence-corrected chi connectivity index (χ3v) is 5.01. The maximum atomic E-state index is 13.1. The van der Waals surface area contributed by atoms with E-state index in [9.17, 15) is 9.59 Å². The lowest BCUT2D eigenvalue weighted by molar-refractivity contribution is -0.142. The highest BCUT2D eigenvalue weighted by molar-refractivity contribution is 6.30. The summed E-state index contributed by atoms with van der Waals surface area (Å²) in [5, 5.41) is 0.597. The summed E-state index contributed by atoms with van der Waals surface area (Å²) in [5.74, 6) is 0.410. The van der Waals surface area contributed by atoms with Crippen molar-refractivity contribution in [2.45, 2.75) is 20.4 Å². The van der Waals surface area contributed by atoms with Crippen LogP contribution in [0.1, 0.15) is 19.5 Å². The van der Waals surface area contributed by atoms with Crippen LogP contribution < -0.4 is 4.74 Å². The predicted octanol–water partition coefficient (Wildman–Crippen LogP) is 3.22. The van der Waals surface area contributed by atoms with Crippen molar-refractivity contribution >= 4 is 23.4 Å². The van der Waals surface area contributed by atoms with E-state index in [2.05, 4.69) is 0 Å². The second-order valence-electron chi connectivity index (χ2n) is 7.83. The van der Waals surface area contributed by atoms with Crippen LogP contribution in [0.2, 0.25) is 5.02 Å². The third-order valence-electron chi connectivity index (χ3n) is 4.76. The minimum Gasteiger partial charge on any atom is -0.484 e. The van der Waals surface area contributed by atoms with Crippen LogP contribution in [0.25, 0.3) is 0 Å². The van der Waals surface area contributed by atoms with Gasteiger partial charge < -0.3 is 23.8 Å². The number of rotatable bonds is 12. The fourth-order valence-electron chi connectivity index (χ4n) is 3.08. The fourth-order valence-corrected chi connectivity index (χ4v) is 3.20. The number of nitrogens with zero attached hydrogens (tertiary/aromatic N) is 3. The van der Waals surface area contributed by atoms with Crippen LogP contribution in [-0.2, 0) is 27.9 Å². The smallest absolute Gasteiger partial charge is 0.260 e. The summed E-state index contributed by atoms with van der Waals surface area (Å²) in [6.45, 7) is 5.68. The van der Waals surface area contributed by atoms with Crippen molar-refractivity contribution in [2.24, 2.45) is 13.0 Å². The van der Waals surface area contributed by atoms with Crippen LogP contribution in [0, 0.1) is 5.92 Å². The number of ether oxygens (including phenoxy) is 2. The van der Waals surface area contributed by atoms with E-state index in [-0.39, 0.29) is 30.9 Å². The van der Waals surface area contributed by atoms with E-state index in [1.54, 1.807) is 41.2 Å². The minimum atomic E-state index is -0.234. The van der Waals surface area contributed by atoms with Crippen molar-refractivity contribution in [1.29, 1.82) is 0 Å². The summed E-state index contributed by atoms with van der Waals surface area (Å²) in [7, 11) is 3.55. The van der Waals surface area contributed by atoms with Gasteiger partial charge in [-0.25, -0.2) is 0 Å². The molecule has 7 nitrogen and oxygen atoms in total. The molecule has 2 aromatic rings. The number of aryl methyl sites for hydroxylation is 1. The summed E-state index contributed by atoms with van der Waals surface area (Å²) in [4.78, 5) is 29.2. The number of benzene rings is 1. The molecule has 0 saturated carbocycles. The Balaban J connectivity index is 2.04. The summed E-state index contributed by atoms with van der Waals surface area (Å²) in [6.07, 6.45) is 1.94. The molecule has 31 heavy (non-hydrogen) atoms. The minimum absolute atomic E-state index is 0.00483. The standard InChI is InChI=1S/C23H32ClN3O4/c1-18(2)14-27(23(29)17-31-21-9-7-19(24)8-10-21)16-22(28)26(12-13-30-4)15-20-6-5-11-25(20)3/h5-11,18H,12-17H2,1-4H3. The predicted molar refractivity (Wildman–Crippen MR) is 121 cm³/mol. The molecule has 1 heterocycles.